The third-order valence-electron chi connectivity index (χ3n) is 2.48. The highest BCUT2D eigenvalue weighted by Gasteiger charge is 2.36. The lowest BCUT2D eigenvalue weighted by Crippen LogP contribution is -2.49. The van der Waals surface area contributed by atoms with Crippen LogP contribution in [0, 0.1) is 10.1 Å². The predicted molar refractivity (Wildman–Crippen MR) is 64.2 cm³/mol. The van der Waals surface area contributed by atoms with Crippen molar-refractivity contribution in [3.63, 3.8) is 0 Å². The van der Waals surface area contributed by atoms with Crippen LogP contribution in [0.25, 0.3) is 0 Å². The van der Waals surface area contributed by atoms with Crippen LogP contribution in [0.4, 0.5) is 11.4 Å². The summed E-state index contributed by atoms with van der Waals surface area (Å²) in [6.07, 6.45) is 0. The molecule has 1 aromatic carbocycles. The number of amides is 2. The number of sulfone groups is 1. The van der Waals surface area contributed by atoms with E-state index in [9.17, 15) is 28.1 Å². The van der Waals surface area contributed by atoms with E-state index in [4.69, 9.17) is 0 Å². The summed E-state index contributed by atoms with van der Waals surface area (Å²) in [6.45, 7) is 0. The van der Waals surface area contributed by atoms with Crippen LogP contribution in [-0.4, -0.2) is 36.7 Å². The molecule has 1 heterocycles. The van der Waals surface area contributed by atoms with Crippen molar-refractivity contribution in [1.29, 1.82) is 0 Å². The van der Waals surface area contributed by atoms with Gasteiger partial charge >= 0.3 is 0 Å². The maximum atomic E-state index is 11.7. The number of benzene rings is 1. The van der Waals surface area contributed by atoms with E-state index in [1.54, 1.807) is 0 Å². The number of rotatable bonds is 2. The van der Waals surface area contributed by atoms with Crippen LogP contribution in [0.2, 0.25) is 0 Å². The number of carbonyl (C=O) groups is 2. The molecule has 1 saturated heterocycles. The first-order valence-electron chi connectivity index (χ1n) is 5.11. The first kappa shape index (κ1) is 13.1. The molecule has 2 rings (SSSR count). The van der Waals surface area contributed by atoms with Gasteiger partial charge in [-0.3, -0.25) is 19.7 Å². The number of non-ortho nitro benzene ring substituents is 1. The van der Waals surface area contributed by atoms with Gasteiger partial charge in [-0.25, -0.2) is 13.3 Å². The van der Waals surface area contributed by atoms with Crippen molar-refractivity contribution < 1.29 is 22.9 Å². The van der Waals surface area contributed by atoms with Crippen molar-refractivity contribution in [2.45, 2.75) is 0 Å². The van der Waals surface area contributed by atoms with Crippen molar-refractivity contribution in [3.8, 4) is 0 Å². The van der Waals surface area contributed by atoms with E-state index in [0.29, 0.717) is 4.90 Å². The molecule has 0 spiro atoms. The van der Waals surface area contributed by atoms with Crippen LogP contribution in [0.3, 0.4) is 0 Å². The SMILES string of the molecule is O=C1CS(=O)(=O)CC(=O)N1c1cccc([N+](=O)[O-])c1. The molecule has 19 heavy (non-hydrogen) atoms. The topological polar surface area (TPSA) is 115 Å². The molecule has 0 aliphatic carbocycles. The average molecular weight is 284 g/mol. The first-order valence-corrected chi connectivity index (χ1v) is 6.93. The fraction of sp³-hybridized carbons (Fsp3) is 0.200. The van der Waals surface area contributed by atoms with Crippen molar-refractivity contribution in [2.24, 2.45) is 0 Å². The number of nitro benzene ring substituents is 1. The van der Waals surface area contributed by atoms with Gasteiger partial charge in [-0.15, -0.1) is 0 Å². The van der Waals surface area contributed by atoms with Gasteiger partial charge in [-0.05, 0) is 6.07 Å². The minimum Gasteiger partial charge on any atom is -0.273 e. The Labute approximate surface area is 107 Å². The smallest absolute Gasteiger partial charge is 0.271 e. The number of imide groups is 1. The summed E-state index contributed by atoms with van der Waals surface area (Å²) in [7, 11) is -3.72. The number of hydrogen-bond acceptors (Lipinski definition) is 6. The molecule has 0 aromatic heterocycles. The zero-order valence-electron chi connectivity index (χ0n) is 9.48. The van der Waals surface area contributed by atoms with Gasteiger partial charge in [0.2, 0.25) is 11.8 Å². The summed E-state index contributed by atoms with van der Waals surface area (Å²) in [6, 6.07) is 4.91. The molecule has 1 aliphatic heterocycles. The van der Waals surface area contributed by atoms with Gasteiger partial charge in [-0.2, -0.15) is 0 Å². The fourth-order valence-electron chi connectivity index (χ4n) is 1.73. The molecule has 0 unspecified atom stereocenters. The second-order valence-corrected chi connectivity index (χ2v) is 6.00. The predicted octanol–water partition coefficient (Wildman–Crippen LogP) is -0.117. The molecule has 0 N–H and O–H groups in total. The zero-order chi connectivity index (χ0) is 14.2. The summed E-state index contributed by atoms with van der Waals surface area (Å²) < 4.78 is 22.5. The number of anilines is 1. The zero-order valence-corrected chi connectivity index (χ0v) is 10.3. The summed E-state index contributed by atoms with van der Waals surface area (Å²) in [5, 5.41) is 10.6. The second-order valence-electron chi connectivity index (χ2n) is 3.93. The highest BCUT2D eigenvalue weighted by Crippen LogP contribution is 2.23. The van der Waals surface area contributed by atoms with Crippen LogP contribution in [0.15, 0.2) is 24.3 Å². The maximum Gasteiger partial charge on any atom is 0.271 e. The quantitative estimate of drug-likeness (QED) is 0.425. The Bertz CT molecular complexity index is 657. The molecule has 9 heteroatoms. The van der Waals surface area contributed by atoms with Gasteiger partial charge < -0.3 is 0 Å². The third-order valence-corrected chi connectivity index (χ3v) is 3.86. The molecule has 2 amide bonds. The van der Waals surface area contributed by atoms with Gasteiger partial charge in [0.05, 0.1) is 10.6 Å². The number of carbonyl (C=O) groups excluding carboxylic acids is 2. The highest BCUT2D eigenvalue weighted by atomic mass is 32.2. The molecule has 1 fully saturated rings. The summed E-state index contributed by atoms with van der Waals surface area (Å²) in [5.41, 5.74) is -0.286. The van der Waals surface area contributed by atoms with Crippen LogP contribution < -0.4 is 4.90 Å². The Balaban J connectivity index is 2.42. The lowest BCUT2D eigenvalue weighted by atomic mass is 10.2. The van der Waals surface area contributed by atoms with E-state index in [0.717, 1.165) is 6.07 Å². The first-order chi connectivity index (χ1) is 8.80. The molecule has 0 radical (unpaired) electrons. The molecule has 0 bridgehead atoms. The van der Waals surface area contributed by atoms with E-state index in [1.165, 1.54) is 18.2 Å². The van der Waals surface area contributed by atoms with Crippen molar-refractivity contribution >= 4 is 33.0 Å². The van der Waals surface area contributed by atoms with Crippen LogP contribution in [0.1, 0.15) is 0 Å². The van der Waals surface area contributed by atoms with Crippen LogP contribution >= 0.6 is 0 Å². The largest absolute Gasteiger partial charge is 0.273 e. The standard InChI is InChI=1S/C10H8N2O6S/c13-9-5-19(17,18)6-10(14)11(9)7-2-1-3-8(4-7)12(15)16/h1-4H,5-6H2. The molecular weight excluding hydrogens is 276 g/mol. The maximum absolute atomic E-state index is 11.7. The Morgan fingerprint density at radius 3 is 2.26 bits per heavy atom. The molecule has 0 saturated carbocycles. The number of hydrogen-bond donors (Lipinski definition) is 0. The Kier molecular flexibility index (Phi) is 3.06. The van der Waals surface area contributed by atoms with Crippen molar-refractivity contribution in [1.82, 2.24) is 0 Å². The summed E-state index contributed by atoms with van der Waals surface area (Å²) in [4.78, 5) is 33.9. The normalized spacial score (nSPS) is 18.4. The third kappa shape index (κ3) is 2.60. The number of nitro groups is 1. The Morgan fingerprint density at radius 2 is 1.74 bits per heavy atom. The highest BCUT2D eigenvalue weighted by molar-refractivity contribution is 7.93. The van der Waals surface area contributed by atoms with E-state index >= 15 is 0 Å². The van der Waals surface area contributed by atoms with Gasteiger partial charge in [0.1, 0.15) is 11.5 Å². The molecule has 8 nitrogen and oxygen atoms in total. The summed E-state index contributed by atoms with van der Waals surface area (Å²) in [5.74, 6) is -3.36. The lowest BCUT2D eigenvalue weighted by Gasteiger charge is -2.24. The molecule has 0 atom stereocenters. The van der Waals surface area contributed by atoms with E-state index in [-0.39, 0.29) is 11.4 Å². The van der Waals surface area contributed by atoms with Crippen molar-refractivity contribution in [3.05, 3.63) is 34.4 Å². The van der Waals surface area contributed by atoms with Crippen LogP contribution in [-0.2, 0) is 19.4 Å². The van der Waals surface area contributed by atoms with E-state index in [1.807, 2.05) is 0 Å². The fourth-order valence-corrected chi connectivity index (χ4v) is 2.84. The van der Waals surface area contributed by atoms with Gasteiger partial charge in [0.25, 0.3) is 5.69 Å². The molecule has 1 aromatic rings. The van der Waals surface area contributed by atoms with Crippen molar-refractivity contribution in [2.75, 3.05) is 16.4 Å². The molecular formula is C10H8N2O6S. The lowest BCUT2D eigenvalue weighted by molar-refractivity contribution is -0.384. The van der Waals surface area contributed by atoms with Gasteiger partial charge in [0.15, 0.2) is 9.84 Å². The van der Waals surface area contributed by atoms with Gasteiger partial charge in [0, 0.05) is 12.1 Å². The monoisotopic (exact) mass is 284 g/mol. The van der Waals surface area contributed by atoms with E-state index < -0.39 is 38.1 Å². The minimum atomic E-state index is -3.72. The second kappa shape index (κ2) is 4.43. The minimum absolute atomic E-state index is 0.000833. The average Bonchev–Trinajstić information content (AvgIpc) is 2.26. The number of nitrogens with zero attached hydrogens (tertiary/aromatic N) is 2. The summed E-state index contributed by atoms with van der Waals surface area (Å²) >= 11 is 0. The Morgan fingerprint density at radius 1 is 1.16 bits per heavy atom. The Hall–Kier alpha value is -2.29. The molecule has 100 valence electrons. The van der Waals surface area contributed by atoms with Crippen LogP contribution in [0.5, 0.6) is 0 Å². The molecule has 1 aliphatic rings. The van der Waals surface area contributed by atoms with E-state index in [2.05, 4.69) is 0 Å². The van der Waals surface area contributed by atoms with Gasteiger partial charge in [-0.1, -0.05) is 6.07 Å².